The Hall–Kier alpha value is -3.67. The van der Waals surface area contributed by atoms with Gasteiger partial charge in [-0.1, -0.05) is 0 Å². The van der Waals surface area contributed by atoms with Crippen molar-refractivity contribution >= 4 is 23.2 Å². The topological polar surface area (TPSA) is 9.23 Å². The van der Waals surface area contributed by atoms with E-state index in [1.165, 1.54) is 21.5 Å². The van der Waals surface area contributed by atoms with Crippen LogP contribution in [0.15, 0.2) is 146 Å². The summed E-state index contributed by atoms with van der Waals surface area (Å²) in [7, 11) is -2.39. The number of para-hydroxylation sites is 2. The maximum absolute atomic E-state index is 6.39. The molecule has 0 aromatic heterocycles. The van der Waals surface area contributed by atoms with Crippen LogP contribution in [0.2, 0.25) is 0 Å². The Morgan fingerprint density at radius 1 is 0.424 bits per heavy atom. The fourth-order valence-electron chi connectivity index (χ4n) is 4.62. The molecule has 0 aliphatic rings. The Morgan fingerprint density at radius 2 is 0.818 bits per heavy atom. The maximum atomic E-state index is 6.39. The van der Waals surface area contributed by atoms with Crippen molar-refractivity contribution in [2.24, 2.45) is 0 Å². The monoisotopic (exact) mass is 446 g/mol. The van der Waals surface area contributed by atoms with Crippen molar-refractivity contribution in [3.8, 4) is 11.5 Å². The van der Waals surface area contributed by atoms with Crippen LogP contribution in [0.3, 0.4) is 0 Å². The summed E-state index contributed by atoms with van der Waals surface area (Å²) in [5, 5.41) is 4.20. The predicted octanol–water partition coefficient (Wildman–Crippen LogP) is 6.71. The summed E-state index contributed by atoms with van der Waals surface area (Å²) in [4.78, 5) is 0. The molecule has 0 N–H and O–H groups in total. The normalized spacial score (nSPS) is 11.6. The number of benzene rings is 5. The van der Waals surface area contributed by atoms with E-state index in [0.29, 0.717) is 0 Å². The van der Waals surface area contributed by atoms with Crippen LogP contribution in [0, 0.1) is 0 Å². The second-order valence-electron chi connectivity index (χ2n) is 8.20. The van der Waals surface area contributed by atoms with Gasteiger partial charge in [-0.3, -0.25) is 0 Å². The molecular weight excluding hydrogens is 419 g/mol. The predicted molar refractivity (Wildman–Crippen MR) is 143 cm³/mol. The zero-order valence-electron chi connectivity index (χ0n) is 18.5. The van der Waals surface area contributed by atoms with Crippen molar-refractivity contribution in [3.63, 3.8) is 0 Å². The third-order valence-corrected chi connectivity index (χ3v) is 11.1. The van der Waals surface area contributed by atoms with Crippen molar-refractivity contribution in [2.45, 2.75) is 6.16 Å². The minimum absolute atomic E-state index is 0.858. The molecule has 2 heteroatoms. The quantitative estimate of drug-likeness (QED) is 0.253. The van der Waals surface area contributed by atoms with E-state index in [2.05, 4.69) is 115 Å². The Bertz CT molecular complexity index is 1190. The van der Waals surface area contributed by atoms with Gasteiger partial charge in [-0.25, -0.2) is 0 Å². The molecule has 0 spiro atoms. The first kappa shape index (κ1) is 21.2. The van der Waals surface area contributed by atoms with E-state index in [-0.39, 0.29) is 0 Å². The van der Waals surface area contributed by atoms with Crippen LogP contribution in [-0.4, -0.2) is 0 Å². The van der Waals surface area contributed by atoms with Gasteiger partial charge in [0, 0.05) is 0 Å². The minimum atomic E-state index is -2.39. The van der Waals surface area contributed by atoms with E-state index in [1.807, 2.05) is 30.3 Å². The molecular formula is C31H27OP. The van der Waals surface area contributed by atoms with Gasteiger partial charge < -0.3 is 0 Å². The third-order valence-electron chi connectivity index (χ3n) is 6.20. The van der Waals surface area contributed by atoms with Gasteiger partial charge in [-0.2, -0.15) is 0 Å². The van der Waals surface area contributed by atoms with E-state index in [0.717, 1.165) is 17.7 Å². The molecule has 0 saturated carbocycles. The van der Waals surface area contributed by atoms with Gasteiger partial charge in [0.25, 0.3) is 0 Å². The summed E-state index contributed by atoms with van der Waals surface area (Å²) in [6, 6.07) is 51.6. The van der Waals surface area contributed by atoms with Crippen molar-refractivity contribution in [1.82, 2.24) is 0 Å². The molecule has 0 aliphatic heterocycles. The zero-order chi connectivity index (χ0) is 22.3. The summed E-state index contributed by atoms with van der Waals surface area (Å²) in [6.45, 7) is 0. The number of hydrogen-bond donors (Lipinski definition) is 0. The Labute approximate surface area is 196 Å². The molecule has 5 aromatic carbocycles. The van der Waals surface area contributed by atoms with Gasteiger partial charge in [0.1, 0.15) is 0 Å². The second-order valence-corrected chi connectivity index (χ2v) is 12.1. The molecule has 5 aromatic rings. The SMILES string of the molecule is c1ccc(Oc2ccccc2C[PH](c2ccccc2)(c2ccccc2)c2ccccc2)cc1. The number of ether oxygens (including phenoxy) is 1. The molecule has 162 valence electrons. The summed E-state index contributed by atoms with van der Waals surface area (Å²) in [5.74, 6) is 1.78. The van der Waals surface area contributed by atoms with Gasteiger partial charge in [-0.15, -0.1) is 0 Å². The molecule has 0 fully saturated rings. The van der Waals surface area contributed by atoms with Crippen molar-refractivity contribution < 1.29 is 4.74 Å². The van der Waals surface area contributed by atoms with Crippen molar-refractivity contribution in [1.29, 1.82) is 0 Å². The Morgan fingerprint density at radius 3 is 1.30 bits per heavy atom. The zero-order valence-corrected chi connectivity index (χ0v) is 19.5. The van der Waals surface area contributed by atoms with E-state index in [4.69, 9.17) is 4.74 Å². The van der Waals surface area contributed by atoms with E-state index >= 15 is 0 Å². The first-order valence-corrected chi connectivity index (χ1v) is 13.5. The summed E-state index contributed by atoms with van der Waals surface area (Å²) in [5.41, 5.74) is 1.23. The van der Waals surface area contributed by atoms with Crippen LogP contribution in [0.5, 0.6) is 11.5 Å². The van der Waals surface area contributed by atoms with Gasteiger partial charge >= 0.3 is 197 Å². The van der Waals surface area contributed by atoms with Gasteiger partial charge in [0.2, 0.25) is 0 Å². The summed E-state index contributed by atoms with van der Waals surface area (Å²) >= 11 is 0. The van der Waals surface area contributed by atoms with Crippen LogP contribution in [0.25, 0.3) is 0 Å². The van der Waals surface area contributed by atoms with E-state index < -0.39 is 7.26 Å². The van der Waals surface area contributed by atoms with Gasteiger partial charge in [0.15, 0.2) is 0 Å². The van der Waals surface area contributed by atoms with Gasteiger partial charge in [-0.05, 0) is 0 Å². The fourth-order valence-corrected chi connectivity index (χ4v) is 9.39. The summed E-state index contributed by atoms with van der Waals surface area (Å²) < 4.78 is 6.39. The van der Waals surface area contributed by atoms with E-state index in [9.17, 15) is 0 Å². The Balaban J connectivity index is 1.70. The molecule has 0 bridgehead atoms. The first-order chi connectivity index (χ1) is 16.4. The molecule has 1 nitrogen and oxygen atoms in total. The molecule has 0 amide bonds. The fraction of sp³-hybridized carbons (Fsp3) is 0.0323. The van der Waals surface area contributed by atoms with Crippen LogP contribution >= 0.6 is 7.26 Å². The molecule has 0 saturated heterocycles. The summed E-state index contributed by atoms with van der Waals surface area (Å²) in [6.07, 6.45) is 0.911. The van der Waals surface area contributed by atoms with Crippen LogP contribution in [0.4, 0.5) is 0 Å². The molecule has 5 rings (SSSR count). The van der Waals surface area contributed by atoms with Gasteiger partial charge in [0.05, 0.1) is 0 Å². The van der Waals surface area contributed by atoms with Crippen molar-refractivity contribution in [3.05, 3.63) is 151 Å². The molecule has 0 unspecified atom stereocenters. The molecule has 0 aliphatic carbocycles. The second kappa shape index (κ2) is 9.86. The van der Waals surface area contributed by atoms with Crippen molar-refractivity contribution in [2.75, 3.05) is 0 Å². The number of rotatable bonds is 7. The third kappa shape index (κ3) is 4.46. The Kier molecular flexibility index (Phi) is 6.33. The average Bonchev–Trinajstić information content (AvgIpc) is 2.90. The standard InChI is InChI=1S/C31H27OP/c1-5-16-27(17-6-1)32-31-24-14-13-15-26(31)25-33(28-18-7-2-8-19-28,29-20-9-3-10-21-29)30-22-11-4-12-23-30/h1-24,33H,25H2. The first-order valence-electron chi connectivity index (χ1n) is 11.3. The number of hydrogen-bond acceptors (Lipinski definition) is 1. The van der Waals surface area contributed by atoms with Crippen LogP contribution in [0.1, 0.15) is 5.56 Å². The molecule has 33 heavy (non-hydrogen) atoms. The molecule has 0 radical (unpaired) electrons. The average molecular weight is 447 g/mol. The van der Waals surface area contributed by atoms with E-state index in [1.54, 1.807) is 0 Å². The molecule has 0 atom stereocenters. The van der Waals surface area contributed by atoms with Crippen LogP contribution < -0.4 is 20.7 Å². The molecule has 0 heterocycles. The van der Waals surface area contributed by atoms with Crippen LogP contribution in [-0.2, 0) is 6.16 Å².